The first-order valence-electron chi connectivity index (χ1n) is 16.9. The normalized spacial score (nSPS) is 11.3. The maximum atomic E-state index is 4.83. The molecule has 0 fully saturated rings. The summed E-state index contributed by atoms with van der Waals surface area (Å²) in [6.07, 6.45) is 3.17. The first-order chi connectivity index (χ1) is 25.0. The van der Waals surface area contributed by atoms with E-state index in [0.29, 0.717) is 23.3 Å². The lowest BCUT2D eigenvalue weighted by atomic mass is 9.72. The van der Waals surface area contributed by atoms with Gasteiger partial charge in [0.05, 0.1) is 0 Å². The lowest BCUT2D eigenvalue weighted by molar-refractivity contribution is 0.644. The van der Waals surface area contributed by atoms with Crippen molar-refractivity contribution >= 4 is 0 Å². The Labute approximate surface area is 297 Å². The number of nitrogens with zero attached hydrogens (tertiary/aromatic N) is 6. The number of benzene rings is 6. The second kappa shape index (κ2) is 13.7. The molecule has 8 rings (SSSR count). The Morgan fingerprint density at radius 1 is 0.333 bits per heavy atom. The topological polar surface area (TPSA) is 77.3 Å². The van der Waals surface area contributed by atoms with Crippen LogP contribution >= 0.6 is 0 Å². The first-order valence-corrected chi connectivity index (χ1v) is 16.9. The summed E-state index contributed by atoms with van der Waals surface area (Å²) < 4.78 is 0. The summed E-state index contributed by atoms with van der Waals surface area (Å²) in [5, 5.41) is 0. The Hall–Kier alpha value is -6.66. The van der Waals surface area contributed by atoms with Crippen LogP contribution in [0.2, 0.25) is 0 Å². The van der Waals surface area contributed by atoms with Gasteiger partial charge >= 0.3 is 0 Å². The number of aromatic nitrogens is 6. The van der Waals surface area contributed by atoms with Gasteiger partial charge in [0.25, 0.3) is 0 Å². The second-order valence-corrected chi connectivity index (χ2v) is 12.9. The molecule has 0 aliphatic heterocycles. The maximum Gasteiger partial charge on any atom is 0.163 e. The van der Waals surface area contributed by atoms with Crippen molar-refractivity contribution in [3.8, 4) is 67.8 Å². The van der Waals surface area contributed by atoms with Crippen molar-refractivity contribution < 1.29 is 0 Å². The molecule has 0 atom stereocenters. The van der Waals surface area contributed by atoms with Crippen LogP contribution in [-0.4, -0.2) is 29.9 Å². The van der Waals surface area contributed by atoms with Gasteiger partial charge in [-0.1, -0.05) is 159 Å². The van der Waals surface area contributed by atoms with Crippen LogP contribution in [0.25, 0.3) is 67.8 Å². The molecule has 0 spiro atoms. The van der Waals surface area contributed by atoms with Gasteiger partial charge in [0.15, 0.2) is 23.3 Å². The first kappa shape index (κ1) is 31.6. The molecule has 0 amide bonds. The molecule has 244 valence electrons. The Kier molecular flexibility index (Phi) is 8.48. The van der Waals surface area contributed by atoms with Crippen molar-refractivity contribution in [3.63, 3.8) is 0 Å². The highest BCUT2D eigenvalue weighted by molar-refractivity contribution is 5.78. The molecule has 0 saturated carbocycles. The predicted molar refractivity (Wildman–Crippen MR) is 204 cm³/mol. The minimum absolute atomic E-state index is 0.361. The number of rotatable bonds is 8. The SMILES string of the molecule is CC(C)(c1ccccc1-c1cccc(-c2ncnc(-c3ccccc3)n2)c1)c1ccccc1-c1cccc(-c2ncnc(-c3ccccc3)n2)c1. The van der Waals surface area contributed by atoms with E-state index >= 15 is 0 Å². The van der Waals surface area contributed by atoms with E-state index in [-0.39, 0.29) is 5.41 Å². The molecule has 6 aromatic carbocycles. The smallest absolute Gasteiger partial charge is 0.163 e. The lowest BCUT2D eigenvalue weighted by Crippen LogP contribution is -2.21. The monoisotopic (exact) mass is 658 g/mol. The van der Waals surface area contributed by atoms with Crippen molar-refractivity contribution in [1.82, 2.24) is 29.9 Å². The minimum Gasteiger partial charge on any atom is -0.217 e. The summed E-state index contributed by atoms with van der Waals surface area (Å²) in [7, 11) is 0. The Balaban J connectivity index is 1.16. The van der Waals surface area contributed by atoms with E-state index in [1.807, 2.05) is 60.7 Å². The molecule has 0 radical (unpaired) electrons. The van der Waals surface area contributed by atoms with E-state index in [0.717, 1.165) is 44.5 Å². The van der Waals surface area contributed by atoms with E-state index in [1.54, 1.807) is 12.7 Å². The molecule has 0 unspecified atom stereocenters. The zero-order chi connectivity index (χ0) is 34.6. The predicted octanol–water partition coefficient (Wildman–Crippen LogP) is 10.4. The van der Waals surface area contributed by atoms with E-state index in [1.165, 1.54) is 11.1 Å². The van der Waals surface area contributed by atoms with Gasteiger partial charge in [0, 0.05) is 27.7 Å². The van der Waals surface area contributed by atoms with Crippen LogP contribution in [0.1, 0.15) is 25.0 Å². The zero-order valence-electron chi connectivity index (χ0n) is 28.3. The summed E-state index contributed by atoms with van der Waals surface area (Å²) >= 11 is 0. The fourth-order valence-electron chi connectivity index (χ4n) is 6.68. The minimum atomic E-state index is -0.361. The molecule has 2 aromatic heterocycles. The summed E-state index contributed by atoms with van der Waals surface area (Å²) in [6.45, 7) is 4.60. The summed E-state index contributed by atoms with van der Waals surface area (Å²) in [5.74, 6) is 2.59. The molecule has 0 bridgehead atoms. The number of hydrogen-bond acceptors (Lipinski definition) is 6. The second-order valence-electron chi connectivity index (χ2n) is 12.9. The van der Waals surface area contributed by atoms with Gasteiger partial charge in [0.2, 0.25) is 0 Å². The van der Waals surface area contributed by atoms with E-state index in [2.05, 4.69) is 131 Å². The third kappa shape index (κ3) is 6.43. The van der Waals surface area contributed by atoms with Crippen molar-refractivity contribution in [3.05, 3.63) is 182 Å². The Bertz CT molecular complexity index is 2290. The van der Waals surface area contributed by atoms with Gasteiger partial charge in [0.1, 0.15) is 12.7 Å². The van der Waals surface area contributed by atoms with Crippen LogP contribution in [0.5, 0.6) is 0 Å². The molecule has 0 aliphatic carbocycles. The van der Waals surface area contributed by atoms with Gasteiger partial charge in [-0.15, -0.1) is 0 Å². The van der Waals surface area contributed by atoms with Crippen molar-refractivity contribution in [2.75, 3.05) is 0 Å². The molecule has 0 saturated heterocycles. The highest BCUT2D eigenvalue weighted by Crippen LogP contribution is 2.43. The highest BCUT2D eigenvalue weighted by Gasteiger charge is 2.29. The van der Waals surface area contributed by atoms with Crippen LogP contribution in [0.4, 0.5) is 0 Å². The standard InChI is InChI=1S/C45H34N6/c1-45(2,39-25-11-9-23-37(39)33-19-13-21-35(27-33)43-48-29-46-41(50-43)31-15-5-3-6-16-31)40-26-12-10-24-38(40)34-20-14-22-36(28-34)44-49-30-47-42(51-44)32-17-7-4-8-18-32/h3-30H,1-2H3. The van der Waals surface area contributed by atoms with Gasteiger partial charge in [-0.2, -0.15) is 0 Å². The third-order valence-corrected chi connectivity index (χ3v) is 9.27. The quantitative estimate of drug-likeness (QED) is 0.162. The van der Waals surface area contributed by atoms with E-state index in [9.17, 15) is 0 Å². The zero-order valence-corrected chi connectivity index (χ0v) is 28.3. The van der Waals surface area contributed by atoms with Crippen LogP contribution < -0.4 is 0 Å². The molecule has 6 heteroatoms. The molecular weight excluding hydrogens is 625 g/mol. The van der Waals surface area contributed by atoms with Gasteiger partial charge in [-0.25, -0.2) is 29.9 Å². The highest BCUT2D eigenvalue weighted by atomic mass is 15.0. The van der Waals surface area contributed by atoms with E-state index in [4.69, 9.17) is 9.97 Å². The molecule has 0 aliphatic rings. The molecule has 0 N–H and O–H groups in total. The van der Waals surface area contributed by atoms with E-state index < -0.39 is 0 Å². The number of hydrogen-bond donors (Lipinski definition) is 0. The average molecular weight is 659 g/mol. The van der Waals surface area contributed by atoms with Gasteiger partial charge in [-0.3, -0.25) is 0 Å². The molecule has 8 aromatic rings. The Morgan fingerprint density at radius 2 is 0.667 bits per heavy atom. The van der Waals surface area contributed by atoms with Crippen molar-refractivity contribution in [2.45, 2.75) is 19.3 Å². The van der Waals surface area contributed by atoms with Crippen molar-refractivity contribution in [1.29, 1.82) is 0 Å². The summed E-state index contributed by atoms with van der Waals surface area (Å²) in [6, 6.07) is 54.2. The molecular formula is C45H34N6. The molecule has 6 nitrogen and oxygen atoms in total. The Morgan fingerprint density at radius 3 is 1.10 bits per heavy atom. The van der Waals surface area contributed by atoms with Crippen LogP contribution in [-0.2, 0) is 5.41 Å². The fraction of sp³-hybridized carbons (Fsp3) is 0.0667. The summed E-state index contributed by atoms with van der Waals surface area (Å²) in [5.41, 5.74) is 10.4. The maximum absolute atomic E-state index is 4.83. The van der Waals surface area contributed by atoms with Crippen LogP contribution in [0, 0.1) is 0 Å². The third-order valence-electron chi connectivity index (χ3n) is 9.27. The van der Waals surface area contributed by atoms with Crippen molar-refractivity contribution in [2.24, 2.45) is 0 Å². The lowest BCUT2D eigenvalue weighted by Gasteiger charge is -2.31. The van der Waals surface area contributed by atoms with Crippen LogP contribution in [0.15, 0.2) is 170 Å². The van der Waals surface area contributed by atoms with Gasteiger partial charge < -0.3 is 0 Å². The fourth-order valence-corrected chi connectivity index (χ4v) is 6.68. The summed E-state index contributed by atoms with van der Waals surface area (Å²) in [4.78, 5) is 27.6. The average Bonchev–Trinajstić information content (AvgIpc) is 3.22. The van der Waals surface area contributed by atoms with Crippen LogP contribution in [0.3, 0.4) is 0 Å². The van der Waals surface area contributed by atoms with Gasteiger partial charge in [-0.05, 0) is 45.5 Å². The largest absolute Gasteiger partial charge is 0.217 e. The molecule has 51 heavy (non-hydrogen) atoms. The molecule has 2 heterocycles.